The Labute approximate surface area is 169 Å². The van der Waals surface area contributed by atoms with Crippen molar-refractivity contribution in [2.24, 2.45) is 0 Å². The van der Waals surface area contributed by atoms with Gasteiger partial charge in [-0.25, -0.2) is 4.68 Å². The third-order valence-electron chi connectivity index (χ3n) is 4.95. The largest absolute Gasteiger partial charge is 0.416 e. The molecule has 1 atom stereocenters. The molecule has 3 aromatic rings. The minimum absolute atomic E-state index is 0.0110. The fraction of sp³-hybridized carbons (Fsp3) is 0.421. The van der Waals surface area contributed by atoms with Crippen molar-refractivity contribution in [3.63, 3.8) is 0 Å². The van der Waals surface area contributed by atoms with Crippen molar-refractivity contribution < 1.29 is 22.5 Å². The van der Waals surface area contributed by atoms with Gasteiger partial charge in [0.25, 0.3) is 11.8 Å². The van der Waals surface area contributed by atoms with Crippen molar-refractivity contribution >= 4 is 5.91 Å². The number of nitrogens with zero attached hydrogens (tertiary/aromatic N) is 6. The Morgan fingerprint density at radius 3 is 2.80 bits per heavy atom. The number of carbonyl (C=O) groups excluding carboxylic acids is 1. The second-order valence-electron chi connectivity index (χ2n) is 7.47. The van der Waals surface area contributed by atoms with E-state index in [1.54, 1.807) is 10.9 Å². The molecule has 0 N–H and O–H groups in total. The van der Waals surface area contributed by atoms with Gasteiger partial charge in [0.15, 0.2) is 11.5 Å². The molecule has 0 aliphatic carbocycles. The molecule has 3 heterocycles. The number of hydrogen-bond donors (Lipinski definition) is 0. The molecule has 30 heavy (non-hydrogen) atoms. The first-order chi connectivity index (χ1) is 14.2. The van der Waals surface area contributed by atoms with Gasteiger partial charge >= 0.3 is 6.18 Å². The zero-order chi connectivity index (χ0) is 21.5. The number of carbonyl (C=O) groups is 1. The van der Waals surface area contributed by atoms with Crippen LogP contribution >= 0.6 is 0 Å². The van der Waals surface area contributed by atoms with Crippen molar-refractivity contribution in [2.45, 2.75) is 38.4 Å². The van der Waals surface area contributed by atoms with Gasteiger partial charge in [0.1, 0.15) is 0 Å². The Bertz CT molecular complexity index is 1060. The van der Waals surface area contributed by atoms with Crippen LogP contribution in [0.2, 0.25) is 0 Å². The number of likely N-dealkylation sites (tertiary alicyclic amines) is 1. The van der Waals surface area contributed by atoms with Crippen molar-refractivity contribution in [3.8, 4) is 11.6 Å². The van der Waals surface area contributed by atoms with Gasteiger partial charge in [-0.1, -0.05) is 30.3 Å². The van der Waals surface area contributed by atoms with Gasteiger partial charge in [0.05, 0.1) is 17.8 Å². The van der Waals surface area contributed by atoms with Gasteiger partial charge in [-0.15, -0.1) is 5.10 Å². The van der Waals surface area contributed by atoms with Crippen LogP contribution in [0.3, 0.4) is 0 Å². The highest BCUT2D eigenvalue weighted by Crippen LogP contribution is 2.30. The minimum atomic E-state index is -4.49. The summed E-state index contributed by atoms with van der Waals surface area (Å²) in [7, 11) is 0. The molecule has 1 fully saturated rings. The number of hydrogen-bond acceptors (Lipinski definition) is 6. The molecule has 8 nitrogen and oxygen atoms in total. The molecule has 0 saturated carbocycles. The summed E-state index contributed by atoms with van der Waals surface area (Å²) >= 11 is 0. The highest BCUT2D eigenvalue weighted by molar-refractivity contribution is 5.94. The standard InChI is InChI=1S/C19H19F3N6O2/c1-11(2)16-23-17(30-25-16)15-10-28(26-24-15)14-6-7-27(9-14)18(29)12-4-3-5-13(8-12)19(20,21)22/h3-5,8,10-11,14H,6-7,9H2,1-2H3/t14-/m1/s1. The molecule has 0 spiro atoms. The van der Waals surface area contributed by atoms with Crippen LogP contribution in [0.25, 0.3) is 11.6 Å². The fourth-order valence-electron chi connectivity index (χ4n) is 3.28. The third kappa shape index (κ3) is 3.91. The quantitative estimate of drug-likeness (QED) is 0.641. The van der Waals surface area contributed by atoms with Crippen molar-refractivity contribution in [2.75, 3.05) is 13.1 Å². The maximum Gasteiger partial charge on any atom is 0.416 e. The van der Waals surface area contributed by atoms with E-state index >= 15 is 0 Å². The first-order valence-corrected chi connectivity index (χ1v) is 9.44. The summed E-state index contributed by atoms with van der Waals surface area (Å²) in [4.78, 5) is 18.5. The number of alkyl halides is 3. The smallest absolute Gasteiger partial charge is 0.336 e. The highest BCUT2D eigenvalue weighted by atomic mass is 19.4. The van der Waals surface area contributed by atoms with Gasteiger partial charge in [-0.2, -0.15) is 18.2 Å². The Hall–Kier alpha value is -3.24. The van der Waals surface area contributed by atoms with Gasteiger partial charge in [-0.3, -0.25) is 4.79 Å². The van der Waals surface area contributed by atoms with Gasteiger partial charge in [-0.05, 0) is 24.6 Å². The summed E-state index contributed by atoms with van der Waals surface area (Å²) in [5.41, 5.74) is -0.403. The lowest BCUT2D eigenvalue weighted by molar-refractivity contribution is -0.137. The minimum Gasteiger partial charge on any atom is -0.336 e. The number of benzene rings is 1. The molecular formula is C19H19F3N6O2. The van der Waals surface area contributed by atoms with E-state index in [9.17, 15) is 18.0 Å². The summed E-state index contributed by atoms with van der Waals surface area (Å²) < 4.78 is 45.6. The number of aromatic nitrogens is 5. The lowest BCUT2D eigenvalue weighted by Crippen LogP contribution is -2.29. The van der Waals surface area contributed by atoms with E-state index in [0.29, 0.717) is 31.0 Å². The molecule has 1 aliphatic heterocycles. The monoisotopic (exact) mass is 420 g/mol. The van der Waals surface area contributed by atoms with Crippen LogP contribution < -0.4 is 0 Å². The van der Waals surface area contributed by atoms with Gasteiger partial charge in [0.2, 0.25) is 0 Å². The topological polar surface area (TPSA) is 89.9 Å². The first kappa shape index (κ1) is 20.0. The van der Waals surface area contributed by atoms with Crippen molar-refractivity contribution in [1.82, 2.24) is 30.0 Å². The second kappa shape index (κ2) is 7.54. The van der Waals surface area contributed by atoms with Crippen LogP contribution in [-0.2, 0) is 6.18 Å². The molecule has 2 aromatic heterocycles. The molecule has 0 unspecified atom stereocenters. The van der Waals surface area contributed by atoms with Crippen LogP contribution in [0.4, 0.5) is 13.2 Å². The summed E-state index contributed by atoms with van der Waals surface area (Å²) in [5.74, 6) is 0.503. The lowest BCUT2D eigenvalue weighted by atomic mass is 10.1. The maximum absolute atomic E-state index is 12.9. The summed E-state index contributed by atoms with van der Waals surface area (Å²) in [5, 5.41) is 12.0. The molecule has 1 aromatic carbocycles. The highest BCUT2D eigenvalue weighted by Gasteiger charge is 2.33. The van der Waals surface area contributed by atoms with Gasteiger partial charge in [0, 0.05) is 24.6 Å². The summed E-state index contributed by atoms with van der Waals surface area (Å²) in [6.45, 7) is 4.62. The van der Waals surface area contributed by atoms with E-state index in [1.807, 2.05) is 13.8 Å². The van der Waals surface area contributed by atoms with Crippen molar-refractivity contribution in [3.05, 3.63) is 47.4 Å². The summed E-state index contributed by atoms with van der Waals surface area (Å²) in [6.07, 6.45) is -2.22. The normalized spacial score (nSPS) is 17.1. The average Bonchev–Trinajstić information content (AvgIpc) is 3.46. The Balaban J connectivity index is 1.46. The van der Waals surface area contributed by atoms with E-state index in [1.165, 1.54) is 17.0 Å². The molecule has 4 rings (SSSR count). The Kier molecular flexibility index (Phi) is 5.04. The van der Waals surface area contributed by atoms with E-state index in [4.69, 9.17) is 4.52 Å². The van der Waals surface area contributed by atoms with Gasteiger partial charge < -0.3 is 9.42 Å². The first-order valence-electron chi connectivity index (χ1n) is 9.44. The predicted octanol–water partition coefficient (Wildman–Crippen LogP) is 3.56. The zero-order valence-corrected chi connectivity index (χ0v) is 16.3. The third-order valence-corrected chi connectivity index (χ3v) is 4.95. The fourth-order valence-corrected chi connectivity index (χ4v) is 3.28. The Morgan fingerprint density at radius 2 is 2.10 bits per heavy atom. The molecule has 11 heteroatoms. The number of halogens is 3. The van der Waals surface area contributed by atoms with E-state index in [2.05, 4.69) is 20.5 Å². The SMILES string of the molecule is CC(C)c1noc(-c2cn([C@@H]3CCN(C(=O)c4cccc(C(F)(F)F)c4)C3)nn2)n1. The van der Waals surface area contributed by atoms with E-state index < -0.39 is 17.6 Å². The van der Waals surface area contributed by atoms with Crippen LogP contribution in [0, 0.1) is 0 Å². The van der Waals surface area contributed by atoms with Crippen LogP contribution in [-0.4, -0.2) is 49.0 Å². The van der Waals surface area contributed by atoms with Crippen LogP contribution in [0.15, 0.2) is 35.0 Å². The second-order valence-corrected chi connectivity index (χ2v) is 7.47. The molecule has 0 bridgehead atoms. The van der Waals surface area contributed by atoms with Crippen LogP contribution in [0.5, 0.6) is 0 Å². The predicted molar refractivity (Wildman–Crippen MR) is 98.4 cm³/mol. The van der Waals surface area contributed by atoms with Crippen LogP contribution in [0.1, 0.15) is 54.0 Å². The van der Waals surface area contributed by atoms with E-state index in [-0.39, 0.29) is 23.4 Å². The van der Waals surface area contributed by atoms with Crippen molar-refractivity contribution in [1.29, 1.82) is 0 Å². The molecule has 1 saturated heterocycles. The maximum atomic E-state index is 12.9. The van der Waals surface area contributed by atoms with E-state index in [0.717, 1.165) is 12.1 Å². The zero-order valence-electron chi connectivity index (χ0n) is 16.3. The molecule has 1 amide bonds. The lowest BCUT2D eigenvalue weighted by Gasteiger charge is -2.17. The Morgan fingerprint density at radius 1 is 1.30 bits per heavy atom. The molecule has 158 valence electrons. The number of rotatable bonds is 4. The number of amides is 1. The molecular weight excluding hydrogens is 401 g/mol. The average molecular weight is 420 g/mol. The molecule has 1 aliphatic rings. The summed E-state index contributed by atoms with van der Waals surface area (Å²) in [6, 6.07) is 4.31. The molecule has 0 radical (unpaired) electrons.